The van der Waals surface area contributed by atoms with E-state index in [2.05, 4.69) is 5.32 Å². The molecule has 7 heteroatoms. The van der Waals surface area contributed by atoms with Crippen LogP contribution in [0, 0.1) is 11.8 Å². The number of hydrogen-bond donors (Lipinski definition) is 1. The molecule has 3 rings (SSSR count). The molecule has 2 amide bonds. The van der Waals surface area contributed by atoms with Crippen LogP contribution in [0.2, 0.25) is 0 Å². The number of ether oxygens (including phenoxy) is 3. The van der Waals surface area contributed by atoms with Crippen LogP contribution in [0.1, 0.15) is 25.7 Å². The lowest BCUT2D eigenvalue weighted by molar-refractivity contribution is -0.135. The SMILES string of the molecule is COCCOc1cc(NC(=O)C2CCCN(C(=O)C3CC3)C2)ccc1OC. The van der Waals surface area contributed by atoms with Gasteiger partial charge in [-0.15, -0.1) is 0 Å². The third-order valence-electron chi connectivity index (χ3n) is 5.01. The zero-order valence-corrected chi connectivity index (χ0v) is 16.0. The number of amides is 2. The number of rotatable bonds is 8. The van der Waals surface area contributed by atoms with Gasteiger partial charge < -0.3 is 24.4 Å². The Morgan fingerprint density at radius 1 is 1.11 bits per heavy atom. The van der Waals surface area contributed by atoms with Gasteiger partial charge in [0.25, 0.3) is 0 Å². The highest BCUT2D eigenvalue weighted by Crippen LogP contribution is 2.33. The average Bonchev–Trinajstić information content (AvgIpc) is 3.53. The van der Waals surface area contributed by atoms with Crippen LogP contribution in [0.5, 0.6) is 11.5 Å². The summed E-state index contributed by atoms with van der Waals surface area (Å²) in [5.74, 6) is 1.33. The summed E-state index contributed by atoms with van der Waals surface area (Å²) in [6.45, 7) is 2.13. The van der Waals surface area contributed by atoms with Crippen molar-refractivity contribution >= 4 is 17.5 Å². The number of carbonyl (C=O) groups is 2. The number of nitrogens with zero attached hydrogens (tertiary/aromatic N) is 1. The summed E-state index contributed by atoms with van der Waals surface area (Å²) in [5, 5.41) is 2.95. The Morgan fingerprint density at radius 3 is 2.63 bits per heavy atom. The van der Waals surface area contributed by atoms with Crippen LogP contribution in [-0.2, 0) is 14.3 Å². The molecule has 1 aliphatic carbocycles. The Hall–Kier alpha value is -2.28. The zero-order chi connectivity index (χ0) is 19.2. The summed E-state index contributed by atoms with van der Waals surface area (Å²) in [5.41, 5.74) is 0.652. The van der Waals surface area contributed by atoms with Crippen molar-refractivity contribution in [2.75, 3.05) is 45.8 Å². The maximum atomic E-state index is 12.7. The van der Waals surface area contributed by atoms with E-state index in [1.807, 2.05) is 4.90 Å². The van der Waals surface area contributed by atoms with E-state index in [1.165, 1.54) is 0 Å². The van der Waals surface area contributed by atoms with E-state index in [4.69, 9.17) is 14.2 Å². The molecule has 0 spiro atoms. The fraction of sp³-hybridized carbons (Fsp3) is 0.600. The predicted molar refractivity (Wildman–Crippen MR) is 101 cm³/mol. The van der Waals surface area contributed by atoms with E-state index in [0.717, 1.165) is 32.2 Å². The summed E-state index contributed by atoms with van der Waals surface area (Å²) in [4.78, 5) is 26.8. The van der Waals surface area contributed by atoms with Crippen molar-refractivity contribution in [1.29, 1.82) is 0 Å². The smallest absolute Gasteiger partial charge is 0.229 e. The van der Waals surface area contributed by atoms with Gasteiger partial charge in [0.15, 0.2) is 11.5 Å². The molecule has 1 aliphatic heterocycles. The van der Waals surface area contributed by atoms with E-state index in [-0.39, 0.29) is 23.7 Å². The van der Waals surface area contributed by atoms with E-state index < -0.39 is 0 Å². The highest BCUT2D eigenvalue weighted by molar-refractivity contribution is 5.93. The van der Waals surface area contributed by atoms with Crippen LogP contribution < -0.4 is 14.8 Å². The number of anilines is 1. The number of nitrogens with one attached hydrogen (secondary N) is 1. The van der Waals surface area contributed by atoms with Crippen molar-refractivity contribution in [3.63, 3.8) is 0 Å². The molecule has 2 aliphatic rings. The maximum absolute atomic E-state index is 12.7. The third-order valence-corrected chi connectivity index (χ3v) is 5.01. The Bertz CT molecular complexity index is 674. The number of carbonyl (C=O) groups excluding carboxylic acids is 2. The maximum Gasteiger partial charge on any atom is 0.229 e. The second-order valence-corrected chi connectivity index (χ2v) is 7.09. The standard InChI is InChI=1S/C20H28N2O5/c1-25-10-11-27-18-12-16(7-8-17(18)26-2)21-19(23)15-4-3-9-22(13-15)20(24)14-5-6-14/h7-8,12,14-15H,3-6,9-11,13H2,1-2H3,(H,21,23). The van der Waals surface area contributed by atoms with Gasteiger partial charge in [0.2, 0.25) is 11.8 Å². The van der Waals surface area contributed by atoms with Gasteiger partial charge in [0.1, 0.15) is 6.61 Å². The lowest BCUT2D eigenvalue weighted by atomic mass is 9.96. The third kappa shape index (κ3) is 5.13. The van der Waals surface area contributed by atoms with Crippen LogP contribution in [0.3, 0.4) is 0 Å². The van der Waals surface area contributed by atoms with E-state index in [1.54, 1.807) is 32.4 Å². The second kappa shape index (κ2) is 9.08. The van der Waals surface area contributed by atoms with Gasteiger partial charge >= 0.3 is 0 Å². The summed E-state index contributed by atoms with van der Waals surface area (Å²) in [6.07, 6.45) is 3.64. The first-order valence-electron chi connectivity index (χ1n) is 9.51. The lowest BCUT2D eigenvalue weighted by Crippen LogP contribution is -2.44. The number of methoxy groups -OCH3 is 2. The molecular formula is C20H28N2O5. The van der Waals surface area contributed by atoms with Gasteiger partial charge in [-0.1, -0.05) is 0 Å². The second-order valence-electron chi connectivity index (χ2n) is 7.09. The molecular weight excluding hydrogens is 348 g/mol. The van der Waals surface area contributed by atoms with Crippen molar-refractivity contribution < 1.29 is 23.8 Å². The van der Waals surface area contributed by atoms with E-state index >= 15 is 0 Å². The summed E-state index contributed by atoms with van der Waals surface area (Å²) >= 11 is 0. The molecule has 1 atom stereocenters. The topological polar surface area (TPSA) is 77.1 Å². The Kier molecular flexibility index (Phi) is 6.55. The van der Waals surface area contributed by atoms with Crippen LogP contribution in [0.4, 0.5) is 5.69 Å². The summed E-state index contributed by atoms with van der Waals surface area (Å²) in [6, 6.07) is 5.31. The van der Waals surface area contributed by atoms with Gasteiger partial charge in [0.05, 0.1) is 19.6 Å². The van der Waals surface area contributed by atoms with Crippen molar-refractivity contribution in [2.24, 2.45) is 11.8 Å². The van der Waals surface area contributed by atoms with E-state index in [9.17, 15) is 9.59 Å². The number of piperidine rings is 1. The molecule has 2 fully saturated rings. The first-order valence-corrected chi connectivity index (χ1v) is 9.51. The predicted octanol–water partition coefficient (Wildman–Crippen LogP) is 2.31. The van der Waals surface area contributed by atoms with Gasteiger partial charge in [-0.25, -0.2) is 0 Å². The fourth-order valence-electron chi connectivity index (χ4n) is 3.33. The van der Waals surface area contributed by atoms with Crippen LogP contribution in [-0.4, -0.2) is 57.2 Å². The molecule has 7 nitrogen and oxygen atoms in total. The minimum atomic E-state index is -0.179. The minimum absolute atomic E-state index is 0.0590. The van der Waals surface area contributed by atoms with Crippen LogP contribution >= 0.6 is 0 Å². The molecule has 1 N–H and O–H groups in total. The van der Waals surface area contributed by atoms with Crippen molar-refractivity contribution in [2.45, 2.75) is 25.7 Å². The Labute approximate surface area is 160 Å². The van der Waals surface area contributed by atoms with Gasteiger partial charge in [-0.05, 0) is 37.8 Å². The number of hydrogen-bond acceptors (Lipinski definition) is 5. The first kappa shape index (κ1) is 19.5. The monoisotopic (exact) mass is 376 g/mol. The molecule has 27 heavy (non-hydrogen) atoms. The molecule has 1 saturated carbocycles. The average molecular weight is 376 g/mol. The highest BCUT2D eigenvalue weighted by atomic mass is 16.5. The van der Waals surface area contributed by atoms with Gasteiger partial charge in [0, 0.05) is 37.9 Å². The molecule has 0 aromatic heterocycles. The molecule has 1 heterocycles. The summed E-state index contributed by atoms with van der Waals surface area (Å²) in [7, 11) is 3.18. The summed E-state index contributed by atoms with van der Waals surface area (Å²) < 4.78 is 16.0. The number of benzene rings is 1. The largest absolute Gasteiger partial charge is 0.493 e. The molecule has 1 saturated heterocycles. The van der Waals surface area contributed by atoms with Crippen molar-refractivity contribution in [3.8, 4) is 11.5 Å². The highest BCUT2D eigenvalue weighted by Gasteiger charge is 2.36. The zero-order valence-electron chi connectivity index (χ0n) is 16.0. The molecule has 148 valence electrons. The van der Waals surface area contributed by atoms with Gasteiger partial charge in [-0.3, -0.25) is 9.59 Å². The molecule has 1 unspecified atom stereocenters. The van der Waals surface area contributed by atoms with Crippen LogP contribution in [0.15, 0.2) is 18.2 Å². The number of likely N-dealkylation sites (tertiary alicyclic amines) is 1. The minimum Gasteiger partial charge on any atom is -0.493 e. The van der Waals surface area contributed by atoms with Crippen molar-refractivity contribution in [3.05, 3.63) is 18.2 Å². The van der Waals surface area contributed by atoms with E-state index in [0.29, 0.717) is 36.9 Å². The molecule has 1 aromatic rings. The Morgan fingerprint density at radius 2 is 1.93 bits per heavy atom. The Balaban J connectivity index is 1.60. The first-order chi connectivity index (χ1) is 13.1. The van der Waals surface area contributed by atoms with Crippen LogP contribution in [0.25, 0.3) is 0 Å². The van der Waals surface area contributed by atoms with Gasteiger partial charge in [-0.2, -0.15) is 0 Å². The molecule has 0 radical (unpaired) electrons. The normalized spacial score (nSPS) is 19.5. The quantitative estimate of drug-likeness (QED) is 0.705. The lowest BCUT2D eigenvalue weighted by Gasteiger charge is -2.32. The fourth-order valence-corrected chi connectivity index (χ4v) is 3.33. The van der Waals surface area contributed by atoms with Crippen molar-refractivity contribution in [1.82, 2.24) is 4.90 Å². The molecule has 1 aromatic carbocycles. The molecule has 0 bridgehead atoms.